The third-order valence-corrected chi connectivity index (χ3v) is 3.74. The average molecular weight is 305 g/mol. The van der Waals surface area contributed by atoms with E-state index in [9.17, 15) is 9.59 Å². The van der Waals surface area contributed by atoms with E-state index in [1.807, 2.05) is 6.92 Å². The Balaban J connectivity index is 1.99. The Bertz CT molecular complexity index is 682. The van der Waals surface area contributed by atoms with Crippen LogP contribution < -0.4 is 10.6 Å². The fourth-order valence-corrected chi connectivity index (χ4v) is 2.45. The number of carbonyl (C=O) groups is 2. The van der Waals surface area contributed by atoms with Crippen LogP contribution in [0.1, 0.15) is 25.8 Å². The van der Waals surface area contributed by atoms with Gasteiger partial charge in [-0.1, -0.05) is 6.07 Å². The summed E-state index contributed by atoms with van der Waals surface area (Å²) in [5, 5.41) is 15.3. The molecule has 0 unspecified atom stereocenters. The molecule has 6 nitrogen and oxygen atoms in total. The topological polar surface area (TPSA) is 91.3 Å². The normalized spacial score (nSPS) is 10.2. The number of anilines is 1. The van der Waals surface area contributed by atoms with Crippen LogP contribution in [0.2, 0.25) is 0 Å². The van der Waals surface area contributed by atoms with Crippen LogP contribution in [0.5, 0.6) is 0 Å². The van der Waals surface area contributed by atoms with Crippen LogP contribution in [0, 0.1) is 13.8 Å². The molecule has 21 heavy (non-hydrogen) atoms. The molecule has 2 aromatic rings. The number of carbonyl (C=O) groups excluding carboxylic acids is 1. The van der Waals surface area contributed by atoms with Gasteiger partial charge >= 0.3 is 12.0 Å². The molecule has 0 spiro atoms. The van der Waals surface area contributed by atoms with Gasteiger partial charge in [-0.05, 0) is 31.5 Å². The van der Waals surface area contributed by atoms with Crippen LogP contribution in [0.25, 0.3) is 0 Å². The molecule has 0 radical (unpaired) electrons. The summed E-state index contributed by atoms with van der Waals surface area (Å²) in [6, 6.07) is 4.22. The van der Waals surface area contributed by atoms with Crippen molar-refractivity contribution in [2.24, 2.45) is 0 Å². The van der Waals surface area contributed by atoms with Gasteiger partial charge in [0.25, 0.3) is 0 Å². The van der Waals surface area contributed by atoms with Crippen molar-refractivity contribution in [1.82, 2.24) is 10.3 Å². The fraction of sp³-hybridized carbons (Fsp3) is 0.214. The van der Waals surface area contributed by atoms with Crippen LogP contribution >= 0.6 is 11.3 Å². The number of carboxylic acid groups (broad SMARTS) is 1. The smallest absolute Gasteiger partial charge is 0.335 e. The van der Waals surface area contributed by atoms with Gasteiger partial charge in [0, 0.05) is 16.8 Å². The summed E-state index contributed by atoms with van der Waals surface area (Å²) in [6.45, 7) is 4.08. The minimum Gasteiger partial charge on any atom is -0.478 e. The highest BCUT2D eigenvalue weighted by atomic mass is 32.1. The monoisotopic (exact) mass is 305 g/mol. The number of aromatic nitrogens is 1. The van der Waals surface area contributed by atoms with Gasteiger partial charge in [-0.2, -0.15) is 0 Å². The molecule has 2 amide bonds. The van der Waals surface area contributed by atoms with Crippen molar-refractivity contribution in [2.75, 3.05) is 5.32 Å². The van der Waals surface area contributed by atoms with Crippen LogP contribution in [0.3, 0.4) is 0 Å². The van der Waals surface area contributed by atoms with Crippen LogP contribution in [0.4, 0.5) is 10.5 Å². The van der Waals surface area contributed by atoms with E-state index in [4.69, 9.17) is 5.11 Å². The van der Waals surface area contributed by atoms with Gasteiger partial charge in [-0.15, -0.1) is 11.3 Å². The lowest BCUT2D eigenvalue weighted by Crippen LogP contribution is -2.28. The van der Waals surface area contributed by atoms with Crippen molar-refractivity contribution in [2.45, 2.75) is 20.4 Å². The maximum absolute atomic E-state index is 11.8. The predicted octanol–water partition coefficient (Wildman–Crippen LogP) is 2.78. The number of aromatic carboxylic acids is 1. The number of aryl methyl sites for hydroxylation is 2. The molecule has 0 saturated carbocycles. The SMILES string of the molecule is Cc1ncc(CNC(=O)Nc2cc(C(=O)O)ccc2C)s1. The van der Waals surface area contributed by atoms with Crippen molar-refractivity contribution >= 4 is 29.0 Å². The molecule has 1 heterocycles. The zero-order chi connectivity index (χ0) is 15.4. The van der Waals surface area contributed by atoms with Crippen molar-refractivity contribution in [3.05, 3.63) is 45.4 Å². The van der Waals surface area contributed by atoms with E-state index >= 15 is 0 Å². The minimum absolute atomic E-state index is 0.133. The molecular formula is C14H15N3O3S. The second-order valence-corrected chi connectivity index (χ2v) is 5.81. The van der Waals surface area contributed by atoms with Gasteiger partial charge in [0.1, 0.15) is 0 Å². The second-order valence-electron chi connectivity index (χ2n) is 4.49. The number of amides is 2. The maximum Gasteiger partial charge on any atom is 0.335 e. The number of benzene rings is 1. The van der Waals surface area contributed by atoms with Gasteiger partial charge in [0.05, 0.1) is 17.1 Å². The Morgan fingerprint density at radius 1 is 1.33 bits per heavy atom. The second kappa shape index (κ2) is 6.36. The predicted molar refractivity (Wildman–Crippen MR) is 80.8 cm³/mol. The van der Waals surface area contributed by atoms with Gasteiger partial charge < -0.3 is 15.7 Å². The lowest BCUT2D eigenvalue weighted by molar-refractivity contribution is 0.0697. The first-order valence-corrected chi connectivity index (χ1v) is 7.07. The van der Waals surface area contributed by atoms with E-state index in [1.165, 1.54) is 23.5 Å². The Morgan fingerprint density at radius 2 is 2.10 bits per heavy atom. The summed E-state index contributed by atoms with van der Waals surface area (Å²) in [5.74, 6) is -1.03. The van der Waals surface area contributed by atoms with Gasteiger partial charge in [-0.3, -0.25) is 0 Å². The zero-order valence-corrected chi connectivity index (χ0v) is 12.5. The molecule has 0 atom stereocenters. The zero-order valence-electron chi connectivity index (χ0n) is 11.6. The summed E-state index contributed by atoms with van der Waals surface area (Å²) in [5.41, 5.74) is 1.41. The lowest BCUT2D eigenvalue weighted by Gasteiger charge is -2.10. The first-order valence-electron chi connectivity index (χ1n) is 6.26. The molecule has 3 N–H and O–H groups in total. The maximum atomic E-state index is 11.8. The Labute approximate surface area is 125 Å². The molecule has 0 bridgehead atoms. The summed E-state index contributed by atoms with van der Waals surface area (Å²) < 4.78 is 0. The highest BCUT2D eigenvalue weighted by Gasteiger charge is 2.09. The van der Waals surface area contributed by atoms with E-state index in [-0.39, 0.29) is 11.6 Å². The number of carboxylic acids is 1. The number of nitrogens with zero attached hydrogens (tertiary/aromatic N) is 1. The summed E-state index contributed by atoms with van der Waals surface area (Å²) in [6.07, 6.45) is 1.72. The quantitative estimate of drug-likeness (QED) is 0.810. The molecule has 0 aliphatic carbocycles. The number of rotatable bonds is 4. The highest BCUT2D eigenvalue weighted by molar-refractivity contribution is 7.11. The first-order chi connectivity index (χ1) is 9.95. The minimum atomic E-state index is -1.03. The Kier molecular flexibility index (Phi) is 4.54. The molecule has 110 valence electrons. The summed E-state index contributed by atoms with van der Waals surface area (Å²) in [7, 11) is 0. The number of urea groups is 1. The van der Waals surface area contributed by atoms with E-state index in [0.717, 1.165) is 15.4 Å². The highest BCUT2D eigenvalue weighted by Crippen LogP contribution is 2.17. The van der Waals surface area contributed by atoms with Crippen molar-refractivity contribution in [1.29, 1.82) is 0 Å². The van der Waals surface area contributed by atoms with Gasteiger partial charge in [0.2, 0.25) is 0 Å². The van der Waals surface area contributed by atoms with Crippen LogP contribution in [-0.4, -0.2) is 22.1 Å². The van der Waals surface area contributed by atoms with Crippen LogP contribution in [-0.2, 0) is 6.54 Å². The largest absolute Gasteiger partial charge is 0.478 e. The van der Waals surface area contributed by atoms with Crippen molar-refractivity contribution < 1.29 is 14.7 Å². The van der Waals surface area contributed by atoms with E-state index < -0.39 is 5.97 Å². The standard InChI is InChI=1S/C14H15N3O3S/c1-8-3-4-10(13(18)19)5-12(8)17-14(20)16-7-11-6-15-9(2)21-11/h3-6H,7H2,1-2H3,(H,18,19)(H2,16,17,20). The molecule has 1 aromatic heterocycles. The average Bonchev–Trinajstić information content (AvgIpc) is 2.84. The molecule has 1 aromatic carbocycles. The van der Waals surface area contributed by atoms with E-state index in [2.05, 4.69) is 15.6 Å². The number of hydrogen-bond acceptors (Lipinski definition) is 4. The molecule has 0 fully saturated rings. The third kappa shape index (κ3) is 4.03. The van der Waals surface area contributed by atoms with E-state index in [1.54, 1.807) is 19.2 Å². The van der Waals surface area contributed by atoms with Crippen LogP contribution in [0.15, 0.2) is 24.4 Å². The van der Waals surface area contributed by atoms with Crippen molar-refractivity contribution in [3.63, 3.8) is 0 Å². The number of nitrogens with one attached hydrogen (secondary N) is 2. The molecular weight excluding hydrogens is 290 g/mol. The first kappa shape index (κ1) is 15.0. The summed E-state index contributed by atoms with van der Waals surface area (Å²) in [4.78, 5) is 27.8. The van der Waals surface area contributed by atoms with Gasteiger partial charge in [0.15, 0.2) is 0 Å². The molecule has 0 aliphatic heterocycles. The van der Waals surface area contributed by atoms with E-state index in [0.29, 0.717) is 12.2 Å². The molecule has 2 rings (SSSR count). The molecule has 7 heteroatoms. The van der Waals surface area contributed by atoms with Crippen molar-refractivity contribution in [3.8, 4) is 0 Å². The fourth-order valence-electron chi connectivity index (χ4n) is 1.71. The summed E-state index contributed by atoms with van der Waals surface area (Å²) >= 11 is 1.51. The Morgan fingerprint density at radius 3 is 2.71 bits per heavy atom. The number of thiazole rings is 1. The number of hydrogen-bond donors (Lipinski definition) is 3. The molecule has 0 aliphatic rings. The van der Waals surface area contributed by atoms with Gasteiger partial charge in [-0.25, -0.2) is 14.6 Å². The lowest BCUT2D eigenvalue weighted by atomic mass is 10.1. The molecule has 0 saturated heterocycles. The Hall–Kier alpha value is -2.41. The third-order valence-electron chi connectivity index (χ3n) is 2.83.